The van der Waals surface area contributed by atoms with Crippen LogP contribution in [0.4, 0.5) is 0 Å². The van der Waals surface area contributed by atoms with E-state index in [1.54, 1.807) is 0 Å². The lowest BCUT2D eigenvalue weighted by Crippen LogP contribution is -2.44. The molecule has 0 saturated carbocycles. The van der Waals surface area contributed by atoms with Crippen LogP contribution in [0.1, 0.15) is 58.3 Å². The third kappa shape index (κ3) is 6.04. The molecule has 2 bridgehead atoms. The quantitative estimate of drug-likeness (QED) is 0.223. The first-order valence-corrected chi connectivity index (χ1v) is 11.2. The van der Waals surface area contributed by atoms with Gasteiger partial charge in [0.1, 0.15) is 12.2 Å². The van der Waals surface area contributed by atoms with Gasteiger partial charge in [0.05, 0.1) is 18.8 Å². The minimum absolute atomic E-state index is 0.00330. The fourth-order valence-electron chi connectivity index (χ4n) is 4.59. The van der Waals surface area contributed by atoms with Crippen LogP contribution in [0.2, 0.25) is 0 Å². The molecule has 3 rings (SSSR count). The highest BCUT2D eigenvalue weighted by atomic mass is 16.7. The molecule has 3 aliphatic heterocycles. The third-order valence-electron chi connectivity index (χ3n) is 6.24. The maximum absolute atomic E-state index is 12.2. The highest BCUT2D eigenvalue weighted by molar-refractivity contribution is 5.84. The van der Waals surface area contributed by atoms with E-state index in [1.165, 1.54) is 0 Å². The van der Waals surface area contributed by atoms with E-state index < -0.39 is 5.97 Å². The van der Waals surface area contributed by atoms with Crippen LogP contribution in [-0.4, -0.2) is 60.4 Å². The molecule has 3 aliphatic rings. The number of amides is 2. The Bertz CT molecular complexity index is 652. The van der Waals surface area contributed by atoms with Crippen LogP contribution in [0.5, 0.6) is 0 Å². The Morgan fingerprint density at radius 1 is 0.867 bits per heavy atom. The van der Waals surface area contributed by atoms with Gasteiger partial charge >= 0.3 is 5.97 Å². The number of ether oxygens (including phenoxy) is 2. The lowest BCUT2D eigenvalue weighted by Gasteiger charge is -2.25. The normalized spacial score (nSPS) is 31.0. The lowest BCUT2D eigenvalue weighted by atomic mass is 9.77. The number of aliphatic carboxylic acids is 1. The van der Waals surface area contributed by atoms with Crippen molar-refractivity contribution < 1.29 is 29.0 Å². The van der Waals surface area contributed by atoms with Crippen LogP contribution in [0.25, 0.3) is 0 Å². The van der Waals surface area contributed by atoms with E-state index in [-0.39, 0.29) is 61.0 Å². The summed E-state index contributed by atoms with van der Waals surface area (Å²) >= 11 is 0. The third-order valence-corrected chi connectivity index (χ3v) is 6.24. The van der Waals surface area contributed by atoms with Crippen molar-refractivity contribution in [3.63, 3.8) is 0 Å². The number of allylic oxidation sites excluding steroid dienone is 2. The zero-order chi connectivity index (χ0) is 21.5. The van der Waals surface area contributed by atoms with Crippen molar-refractivity contribution in [3.05, 3.63) is 12.2 Å². The summed E-state index contributed by atoms with van der Waals surface area (Å²) in [4.78, 5) is 34.5. The lowest BCUT2D eigenvalue weighted by molar-refractivity contribution is -0.137. The van der Waals surface area contributed by atoms with E-state index in [1.807, 2.05) is 6.08 Å². The second-order valence-electron chi connectivity index (χ2n) is 8.49. The Morgan fingerprint density at radius 3 is 2.33 bits per heavy atom. The SMILES string of the molecule is CCCCCC(=O)NCC(=O)NC[C@@H]1[C@H](C/C=C\CCCC(=O)O)[C@H]2O[C@@H]1[C@H]1O[C@H]12. The van der Waals surface area contributed by atoms with Crippen molar-refractivity contribution in [3.8, 4) is 0 Å². The number of nitrogens with one attached hydrogen (secondary N) is 2. The van der Waals surface area contributed by atoms with Crippen molar-refractivity contribution in [2.45, 2.75) is 82.7 Å². The molecule has 3 N–H and O–H groups in total. The van der Waals surface area contributed by atoms with E-state index >= 15 is 0 Å². The van der Waals surface area contributed by atoms with Gasteiger partial charge < -0.3 is 25.2 Å². The summed E-state index contributed by atoms with van der Waals surface area (Å²) in [5, 5.41) is 14.3. The van der Waals surface area contributed by atoms with Gasteiger partial charge in [0.2, 0.25) is 11.8 Å². The van der Waals surface area contributed by atoms with E-state index in [4.69, 9.17) is 14.6 Å². The fourth-order valence-corrected chi connectivity index (χ4v) is 4.59. The molecule has 3 saturated heterocycles. The van der Waals surface area contributed by atoms with Crippen LogP contribution < -0.4 is 10.6 Å². The van der Waals surface area contributed by atoms with Crippen molar-refractivity contribution in [1.29, 1.82) is 0 Å². The van der Waals surface area contributed by atoms with Crippen molar-refractivity contribution in [1.82, 2.24) is 10.6 Å². The van der Waals surface area contributed by atoms with E-state index in [2.05, 4.69) is 23.6 Å². The average Bonchev–Trinajstić information content (AvgIpc) is 3.34. The van der Waals surface area contributed by atoms with E-state index in [0.29, 0.717) is 19.4 Å². The predicted octanol–water partition coefficient (Wildman–Crippen LogP) is 1.78. The molecule has 0 aromatic rings. The summed E-state index contributed by atoms with van der Waals surface area (Å²) in [5.41, 5.74) is 0. The van der Waals surface area contributed by atoms with Gasteiger partial charge in [-0.05, 0) is 31.6 Å². The predicted molar refractivity (Wildman–Crippen MR) is 110 cm³/mol. The van der Waals surface area contributed by atoms with Crippen LogP contribution in [0, 0.1) is 11.8 Å². The first-order valence-electron chi connectivity index (χ1n) is 11.2. The molecule has 0 aliphatic carbocycles. The molecule has 8 heteroatoms. The molecule has 6 atom stereocenters. The highest BCUT2D eigenvalue weighted by Gasteiger charge is 2.68. The minimum atomic E-state index is -0.769. The first kappa shape index (κ1) is 22.7. The van der Waals surface area contributed by atoms with Crippen LogP contribution in [-0.2, 0) is 23.9 Å². The number of carboxylic acids is 1. The molecule has 30 heavy (non-hydrogen) atoms. The monoisotopic (exact) mass is 422 g/mol. The van der Waals surface area contributed by atoms with Gasteiger partial charge in [-0.2, -0.15) is 0 Å². The van der Waals surface area contributed by atoms with Crippen molar-refractivity contribution in [2.75, 3.05) is 13.1 Å². The van der Waals surface area contributed by atoms with Gasteiger partial charge in [-0.15, -0.1) is 0 Å². The van der Waals surface area contributed by atoms with Gasteiger partial charge in [-0.25, -0.2) is 0 Å². The number of hydrogen-bond donors (Lipinski definition) is 3. The summed E-state index contributed by atoms with van der Waals surface area (Å²) in [6, 6.07) is 0. The Kier molecular flexibility index (Phi) is 8.27. The number of unbranched alkanes of at least 4 members (excludes halogenated alkanes) is 3. The molecule has 168 valence electrons. The molecular weight excluding hydrogens is 388 g/mol. The standard InChI is InChI=1S/C22H34N2O6/c1-2-3-6-10-16(25)24-13-17(26)23-12-15-14(9-7-4-5-8-11-18(27)28)19-21-22(30-21)20(15)29-19/h4,7,14-15,19-22H,2-3,5-6,8-13H2,1H3,(H,23,26)(H,24,25)(H,27,28)/b7-4-/t14-,15+,19+,20-,21-,22+/m0/s1. The summed E-state index contributed by atoms with van der Waals surface area (Å²) in [6.45, 7) is 2.60. The van der Waals surface area contributed by atoms with Crippen molar-refractivity contribution >= 4 is 17.8 Å². The van der Waals surface area contributed by atoms with Gasteiger partial charge in [-0.1, -0.05) is 31.9 Å². The average molecular weight is 423 g/mol. The number of fused-ring (bicyclic) bond motifs is 5. The van der Waals surface area contributed by atoms with Crippen LogP contribution in [0.15, 0.2) is 12.2 Å². The maximum Gasteiger partial charge on any atom is 0.303 e. The highest BCUT2D eigenvalue weighted by Crippen LogP contribution is 2.54. The Hall–Kier alpha value is -1.93. The molecule has 3 fully saturated rings. The smallest absolute Gasteiger partial charge is 0.303 e. The summed E-state index contributed by atoms with van der Waals surface area (Å²) in [7, 11) is 0. The summed E-state index contributed by atoms with van der Waals surface area (Å²) in [6.07, 6.45) is 10.4. The summed E-state index contributed by atoms with van der Waals surface area (Å²) in [5.74, 6) is -0.570. The molecule has 0 unspecified atom stereocenters. The summed E-state index contributed by atoms with van der Waals surface area (Å²) < 4.78 is 11.8. The van der Waals surface area contributed by atoms with Gasteiger partial charge in [0.25, 0.3) is 0 Å². The molecule has 0 radical (unpaired) electrons. The number of carbonyl (C=O) groups excluding carboxylic acids is 2. The number of carbonyl (C=O) groups is 3. The molecule has 0 spiro atoms. The largest absolute Gasteiger partial charge is 0.481 e. The Balaban J connectivity index is 1.39. The number of epoxide rings is 1. The van der Waals surface area contributed by atoms with Crippen LogP contribution in [0.3, 0.4) is 0 Å². The van der Waals surface area contributed by atoms with Gasteiger partial charge in [0, 0.05) is 25.3 Å². The maximum atomic E-state index is 12.2. The zero-order valence-corrected chi connectivity index (χ0v) is 17.7. The minimum Gasteiger partial charge on any atom is -0.481 e. The molecule has 8 nitrogen and oxygen atoms in total. The Labute approximate surface area is 177 Å². The van der Waals surface area contributed by atoms with E-state index in [9.17, 15) is 14.4 Å². The van der Waals surface area contributed by atoms with Gasteiger partial charge in [-0.3, -0.25) is 14.4 Å². The number of rotatable bonds is 14. The fraction of sp³-hybridized carbons (Fsp3) is 0.773. The number of carboxylic acid groups (broad SMARTS) is 1. The van der Waals surface area contributed by atoms with Gasteiger partial charge in [0.15, 0.2) is 0 Å². The van der Waals surface area contributed by atoms with E-state index in [0.717, 1.165) is 32.1 Å². The van der Waals surface area contributed by atoms with Crippen LogP contribution >= 0.6 is 0 Å². The van der Waals surface area contributed by atoms with Crippen molar-refractivity contribution in [2.24, 2.45) is 11.8 Å². The molecular formula is C22H34N2O6. The topological polar surface area (TPSA) is 117 Å². The molecule has 3 heterocycles. The Morgan fingerprint density at radius 2 is 1.60 bits per heavy atom. The molecule has 0 aromatic heterocycles. The zero-order valence-electron chi connectivity index (χ0n) is 17.7. The second-order valence-corrected chi connectivity index (χ2v) is 8.49. The molecule has 0 aromatic carbocycles. The number of hydrogen-bond acceptors (Lipinski definition) is 5. The molecule has 2 amide bonds. The first-order chi connectivity index (χ1) is 14.5. The second kappa shape index (κ2) is 10.9.